The van der Waals surface area contributed by atoms with E-state index in [1.807, 2.05) is 30.9 Å². The second-order valence-corrected chi connectivity index (χ2v) is 9.51. The number of ether oxygens (including phenoxy) is 1. The Morgan fingerprint density at radius 1 is 1.06 bits per heavy atom. The van der Waals surface area contributed by atoms with Crippen LogP contribution in [0.4, 0.5) is 5.69 Å². The van der Waals surface area contributed by atoms with Crippen molar-refractivity contribution < 1.29 is 9.53 Å². The van der Waals surface area contributed by atoms with E-state index in [0.29, 0.717) is 5.92 Å². The lowest BCUT2D eigenvalue weighted by Crippen LogP contribution is -2.35. The zero-order valence-corrected chi connectivity index (χ0v) is 19.2. The van der Waals surface area contributed by atoms with E-state index < -0.39 is 0 Å². The molecule has 0 atom stereocenters. The van der Waals surface area contributed by atoms with Crippen LogP contribution < -0.4 is 9.64 Å². The predicted octanol–water partition coefficient (Wildman–Crippen LogP) is 4.55. The first-order chi connectivity index (χ1) is 15.0. The summed E-state index contributed by atoms with van der Waals surface area (Å²) in [5.74, 6) is 2.46. The highest BCUT2D eigenvalue weighted by Crippen LogP contribution is 2.40. The summed E-state index contributed by atoms with van der Waals surface area (Å²) in [6.45, 7) is 7.35. The van der Waals surface area contributed by atoms with Crippen LogP contribution in [-0.2, 0) is 0 Å². The Morgan fingerprint density at radius 3 is 2.55 bits per heavy atom. The largest absolute Gasteiger partial charge is 0.497 e. The molecule has 2 aliphatic rings. The van der Waals surface area contributed by atoms with E-state index in [0.717, 1.165) is 70.5 Å². The molecule has 1 aromatic carbocycles. The molecular weight excluding hydrogens is 408 g/mol. The van der Waals surface area contributed by atoms with Crippen molar-refractivity contribution in [3.05, 3.63) is 46.2 Å². The summed E-state index contributed by atoms with van der Waals surface area (Å²) in [5, 5.41) is 1.06. The van der Waals surface area contributed by atoms with E-state index in [-0.39, 0.29) is 5.91 Å². The quantitative estimate of drug-likeness (QED) is 0.601. The van der Waals surface area contributed by atoms with Gasteiger partial charge < -0.3 is 14.5 Å². The topological polar surface area (TPSA) is 58.6 Å². The van der Waals surface area contributed by atoms with E-state index in [9.17, 15) is 4.79 Å². The van der Waals surface area contributed by atoms with Gasteiger partial charge in [0.1, 0.15) is 16.4 Å². The van der Waals surface area contributed by atoms with Gasteiger partial charge in [0.2, 0.25) is 0 Å². The van der Waals surface area contributed by atoms with Crippen molar-refractivity contribution in [1.82, 2.24) is 14.9 Å². The number of aromatic nitrogens is 2. The number of hydrogen-bond acceptors (Lipinski definition) is 6. The monoisotopic (exact) mass is 436 g/mol. The van der Waals surface area contributed by atoms with E-state index in [2.05, 4.69) is 17.0 Å². The molecule has 3 aromatic rings. The SMILES string of the molecule is COc1ccc(N2CCCN(C(=O)c3sc4nc(C5CC5)nc(C)c4c3C)CC2)cc1. The van der Waals surface area contributed by atoms with E-state index in [1.54, 1.807) is 7.11 Å². The second-order valence-electron chi connectivity index (χ2n) is 8.51. The molecule has 1 amide bonds. The van der Waals surface area contributed by atoms with Crippen LogP contribution in [0, 0.1) is 13.8 Å². The maximum atomic E-state index is 13.5. The number of carbonyl (C=O) groups excluding carboxylic acids is 1. The van der Waals surface area contributed by atoms with Crippen LogP contribution in [0.3, 0.4) is 0 Å². The Balaban J connectivity index is 1.35. The third-order valence-electron chi connectivity index (χ3n) is 6.35. The molecule has 7 heteroatoms. The number of anilines is 1. The minimum Gasteiger partial charge on any atom is -0.497 e. The normalized spacial score (nSPS) is 17.1. The van der Waals surface area contributed by atoms with Gasteiger partial charge in [-0.3, -0.25) is 4.79 Å². The number of nitrogens with zero attached hydrogens (tertiary/aromatic N) is 4. The zero-order valence-electron chi connectivity index (χ0n) is 18.4. The molecule has 3 heterocycles. The van der Waals surface area contributed by atoms with E-state index in [4.69, 9.17) is 14.7 Å². The van der Waals surface area contributed by atoms with Crippen molar-refractivity contribution in [2.24, 2.45) is 0 Å². The van der Waals surface area contributed by atoms with Gasteiger partial charge >= 0.3 is 0 Å². The molecular formula is C24H28N4O2S. The number of hydrogen-bond donors (Lipinski definition) is 0. The zero-order chi connectivity index (χ0) is 21.5. The van der Waals surface area contributed by atoms with Crippen LogP contribution in [0.25, 0.3) is 10.2 Å². The molecule has 1 aliphatic heterocycles. The lowest BCUT2D eigenvalue weighted by molar-refractivity contribution is 0.0771. The molecule has 6 nitrogen and oxygen atoms in total. The van der Waals surface area contributed by atoms with Crippen molar-refractivity contribution in [3.8, 4) is 5.75 Å². The Bertz CT molecular complexity index is 1120. The predicted molar refractivity (Wildman–Crippen MR) is 125 cm³/mol. The number of carbonyl (C=O) groups is 1. The Hall–Kier alpha value is -2.67. The molecule has 0 N–H and O–H groups in total. The molecule has 5 rings (SSSR count). The summed E-state index contributed by atoms with van der Waals surface area (Å²) in [6, 6.07) is 8.16. The van der Waals surface area contributed by atoms with Gasteiger partial charge in [-0.05, 0) is 62.9 Å². The fourth-order valence-electron chi connectivity index (χ4n) is 4.40. The molecule has 2 fully saturated rings. The average Bonchev–Trinajstić information content (AvgIpc) is 3.60. The summed E-state index contributed by atoms with van der Waals surface area (Å²) in [4.78, 5) is 29.1. The molecule has 1 saturated carbocycles. The maximum absolute atomic E-state index is 13.5. The van der Waals surface area contributed by atoms with Gasteiger partial charge in [-0.15, -0.1) is 11.3 Å². The minimum atomic E-state index is 0.129. The van der Waals surface area contributed by atoms with Crippen molar-refractivity contribution >= 4 is 33.1 Å². The van der Waals surface area contributed by atoms with Crippen molar-refractivity contribution in [3.63, 3.8) is 0 Å². The van der Waals surface area contributed by atoms with Crippen LogP contribution in [0.2, 0.25) is 0 Å². The van der Waals surface area contributed by atoms with Gasteiger partial charge in [0.15, 0.2) is 0 Å². The Labute approximate surface area is 186 Å². The molecule has 0 bridgehead atoms. The van der Waals surface area contributed by atoms with Gasteiger partial charge in [0.25, 0.3) is 5.91 Å². The third-order valence-corrected chi connectivity index (χ3v) is 7.52. The summed E-state index contributed by atoms with van der Waals surface area (Å²) in [5.41, 5.74) is 3.20. The lowest BCUT2D eigenvalue weighted by Gasteiger charge is -2.24. The Kier molecular flexibility index (Phi) is 5.30. The molecule has 1 saturated heterocycles. The van der Waals surface area contributed by atoms with Crippen molar-refractivity contribution in [2.45, 2.75) is 39.0 Å². The number of methoxy groups -OCH3 is 1. The first-order valence-corrected chi connectivity index (χ1v) is 11.8. The minimum absolute atomic E-state index is 0.129. The maximum Gasteiger partial charge on any atom is 0.264 e. The van der Waals surface area contributed by atoms with Crippen LogP contribution >= 0.6 is 11.3 Å². The fraction of sp³-hybridized carbons (Fsp3) is 0.458. The van der Waals surface area contributed by atoms with Gasteiger partial charge in [-0.1, -0.05) is 0 Å². The van der Waals surface area contributed by atoms with E-state index in [1.165, 1.54) is 29.9 Å². The van der Waals surface area contributed by atoms with Crippen molar-refractivity contribution in [1.29, 1.82) is 0 Å². The highest BCUT2D eigenvalue weighted by molar-refractivity contribution is 7.20. The summed E-state index contributed by atoms with van der Waals surface area (Å²) in [6.07, 6.45) is 3.31. The van der Waals surface area contributed by atoms with Gasteiger partial charge in [-0.25, -0.2) is 9.97 Å². The summed E-state index contributed by atoms with van der Waals surface area (Å²) < 4.78 is 5.27. The number of aryl methyl sites for hydroxylation is 2. The van der Waals surface area contributed by atoms with Gasteiger partial charge in [0.05, 0.1) is 17.7 Å². The van der Waals surface area contributed by atoms with Crippen LogP contribution in [0.15, 0.2) is 24.3 Å². The van der Waals surface area contributed by atoms with Crippen LogP contribution in [0.1, 0.15) is 51.9 Å². The number of rotatable bonds is 4. The summed E-state index contributed by atoms with van der Waals surface area (Å²) >= 11 is 1.54. The molecule has 0 unspecified atom stereocenters. The number of thiophene rings is 1. The first kappa shape index (κ1) is 20.2. The molecule has 162 valence electrons. The molecule has 31 heavy (non-hydrogen) atoms. The fourth-order valence-corrected chi connectivity index (χ4v) is 5.61. The number of benzene rings is 1. The molecule has 0 spiro atoms. The van der Waals surface area contributed by atoms with Crippen LogP contribution in [-0.4, -0.2) is 54.1 Å². The third kappa shape index (κ3) is 3.87. The van der Waals surface area contributed by atoms with Gasteiger partial charge in [0, 0.05) is 43.2 Å². The van der Waals surface area contributed by atoms with Crippen molar-refractivity contribution in [2.75, 3.05) is 38.2 Å². The standard InChI is InChI=1S/C24H28N4O2S/c1-15-20-16(2)25-22(17-5-6-17)26-23(20)31-21(15)24(29)28-12-4-11-27(13-14-28)18-7-9-19(30-3)10-8-18/h7-10,17H,4-6,11-14H2,1-3H3. The molecule has 1 aliphatic carbocycles. The Morgan fingerprint density at radius 2 is 1.84 bits per heavy atom. The van der Waals surface area contributed by atoms with E-state index >= 15 is 0 Å². The average molecular weight is 437 g/mol. The number of fused-ring (bicyclic) bond motifs is 1. The van der Waals surface area contributed by atoms with Crippen LogP contribution in [0.5, 0.6) is 5.75 Å². The highest BCUT2D eigenvalue weighted by atomic mass is 32.1. The number of amides is 1. The second kappa shape index (κ2) is 8.11. The molecule has 2 aromatic heterocycles. The highest BCUT2D eigenvalue weighted by Gasteiger charge is 2.29. The summed E-state index contributed by atoms with van der Waals surface area (Å²) in [7, 11) is 1.68. The first-order valence-electron chi connectivity index (χ1n) is 11.0. The lowest BCUT2D eigenvalue weighted by atomic mass is 10.1. The molecule has 0 radical (unpaired) electrons. The smallest absolute Gasteiger partial charge is 0.264 e. The van der Waals surface area contributed by atoms with Gasteiger partial charge in [-0.2, -0.15) is 0 Å².